The van der Waals surface area contributed by atoms with Crippen molar-refractivity contribution < 1.29 is 9.84 Å². The number of benzene rings is 1. The number of halogens is 1. The third-order valence-corrected chi connectivity index (χ3v) is 3.68. The lowest BCUT2D eigenvalue weighted by atomic mass is 10.1. The Morgan fingerprint density at radius 3 is 2.33 bits per heavy atom. The SMILES string of the molecule is CC(C)(C)n1ncc(OCc2ccc(C(N)(N)O)cc2)c(Cl)c1=O. The summed E-state index contributed by atoms with van der Waals surface area (Å²) in [6, 6.07) is 6.60. The summed E-state index contributed by atoms with van der Waals surface area (Å²) in [4.78, 5) is 12.2. The van der Waals surface area contributed by atoms with E-state index in [2.05, 4.69) is 5.10 Å². The third-order valence-electron chi connectivity index (χ3n) is 3.33. The fraction of sp³-hybridized carbons (Fsp3) is 0.375. The zero-order chi connectivity index (χ0) is 18.1. The summed E-state index contributed by atoms with van der Waals surface area (Å²) >= 11 is 6.09. The minimum absolute atomic E-state index is 0.0187. The normalized spacial score (nSPS) is 12.3. The van der Waals surface area contributed by atoms with Gasteiger partial charge in [0.2, 0.25) is 0 Å². The molecule has 0 unspecified atom stereocenters. The lowest BCUT2D eigenvalue weighted by Crippen LogP contribution is -2.45. The molecule has 5 N–H and O–H groups in total. The first kappa shape index (κ1) is 18.4. The molecule has 0 spiro atoms. The van der Waals surface area contributed by atoms with E-state index < -0.39 is 16.9 Å². The molecule has 8 heteroatoms. The summed E-state index contributed by atoms with van der Waals surface area (Å²) in [5, 5.41) is 13.6. The van der Waals surface area contributed by atoms with Gasteiger partial charge in [0.15, 0.2) is 16.6 Å². The molecule has 0 amide bonds. The predicted molar refractivity (Wildman–Crippen MR) is 91.5 cm³/mol. The van der Waals surface area contributed by atoms with Crippen molar-refractivity contribution in [3.05, 3.63) is 57.0 Å². The van der Waals surface area contributed by atoms with Gasteiger partial charge in [-0.25, -0.2) is 4.68 Å². The van der Waals surface area contributed by atoms with Crippen LogP contribution < -0.4 is 21.8 Å². The molecule has 2 rings (SSSR count). The highest BCUT2D eigenvalue weighted by Crippen LogP contribution is 2.22. The van der Waals surface area contributed by atoms with Crippen molar-refractivity contribution in [2.45, 2.75) is 38.8 Å². The molecule has 7 nitrogen and oxygen atoms in total. The van der Waals surface area contributed by atoms with Gasteiger partial charge in [0, 0.05) is 5.56 Å². The molecule has 24 heavy (non-hydrogen) atoms. The molecular weight excluding hydrogens is 332 g/mol. The summed E-state index contributed by atoms with van der Waals surface area (Å²) in [7, 11) is 0. The molecule has 0 aliphatic carbocycles. The minimum atomic E-state index is -1.88. The van der Waals surface area contributed by atoms with Crippen molar-refractivity contribution in [3.8, 4) is 5.75 Å². The Morgan fingerprint density at radius 1 is 1.25 bits per heavy atom. The fourth-order valence-electron chi connectivity index (χ4n) is 2.03. The van der Waals surface area contributed by atoms with Gasteiger partial charge in [-0.15, -0.1) is 0 Å². The van der Waals surface area contributed by atoms with E-state index in [0.717, 1.165) is 5.56 Å². The summed E-state index contributed by atoms with van der Waals surface area (Å²) < 4.78 is 6.87. The van der Waals surface area contributed by atoms with Gasteiger partial charge in [-0.3, -0.25) is 16.3 Å². The van der Waals surface area contributed by atoms with Gasteiger partial charge >= 0.3 is 0 Å². The van der Waals surface area contributed by atoms with E-state index in [9.17, 15) is 9.90 Å². The molecule has 0 bridgehead atoms. The lowest BCUT2D eigenvalue weighted by molar-refractivity contribution is 0.0508. The van der Waals surface area contributed by atoms with Crippen molar-refractivity contribution in [2.24, 2.45) is 11.5 Å². The Balaban J connectivity index is 2.16. The van der Waals surface area contributed by atoms with Crippen LogP contribution in [0.2, 0.25) is 5.02 Å². The van der Waals surface area contributed by atoms with E-state index in [1.165, 1.54) is 10.9 Å². The zero-order valence-corrected chi connectivity index (χ0v) is 14.5. The molecule has 0 aliphatic heterocycles. The number of nitrogens with zero attached hydrogens (tertiary/aromatic N) is 2. The van der Waals surface area contributed by atoms with Crippen molar-refractivity contribution in [1.29, 1.82) is 0 Å². The monoisotopic (exact) mass is 352 g/mol. The van der Waals surface area contributed by atoms with E-state index in [4.69, 9.17) is 27.8 Å². The quantitative estimate of drug-likeness (QED) is 0.713. The van der Waals surface area contributed by atoms with Crippen molar-refractivity contribution >= 4 is 11.6 Å². The Labute approximate surface area is 144 Å². The summed E-state index contributed by atoms with van der Waals surface area (Å²) in [6.45, 7) is 5.75. The molecule has 1 aromatic carbocycles. The highest BCUT2D eigenvalue weighted by atomic mass is 35.5. The van der Waals surface area contributed by atoms with Crippen LogP contribution in [-0.2, 0) is 18.0 Å². The first-order valence-electron chi connectivity index (χ1n) is 7.31. The van der Waals surface area contributed by atoms with Crippen molar-refractivity contribution in [3.63, 3.8) is 0 Å². The maximum atomic E-state index is 12.2. The van der Waals surface area contributed by atoms with Gasteiger partial charge < -0.3 is 9.84 Å². The van der Waals surface area contributed by atoms with Crippen LogP contribution in [0.4, 0.5) is 0 Å². The third kappa shape index (κ3) is 4.12. The minimum Gasteiger partial charge on any atom is -0.485 e. The fourth-order valence-corrected chi connectivity index (χ4v) is 2.21. The highest BCUT2D eigenvalue weighted by molar-refractivity contribution is 6.31. The zero-order valence-electron chi connectivity index (χ0n) is 13.8. The van der Waals surface area contributed by atoms with Gasteiger partial charge in [0.1, 0.15) is 6.61 Å². The van der Waals surface area contributed by atoms with E-state index in [1.807, 2.05) is 20.8 Å². The molecule has 2 aromatic rings. The second-order valence-electron chi connectivity index (χ2n) is 6.52. The topological polar surface area (TPSA) is 116 Å². The Morgan fingerprint density at radius 2 is 1.83 bits per heavy atom. The predicted octanol–water partition coefficient (Wildman–Crippen LogP) is 1.25. The Kier molecular flexibility index (Phi) is 5.00. The number of ether oxygens (including phenoxy) is 1. The van der Waals surface area contributed by atoms with Gasteiger partial charge in [0.05, 0.1) is 11.7 Å². The maximum absolute atomic E-state index is 12.2. The summed E-state index contributed by atoms with van der Waals surface area (Å²) in [6.07, 6.45) is 1.42. The highest BCUT2D eigenvalue weighted by Gasteiger charge is 2.20. The average molecular weight is 353 g/mol. The van der Waals surface area contributed by atoms with E-state index in [-0.39, 0.29) is 17.4 Å². The van der Waals surface area contributed by atoms with Crippen LogP contribution in [0.3, 0.4) is 0 Å². The van der Waals surface area contributed by atoms with E-state index in [0.29, 0.717) is 5.56 Å². The van der Waals surface area contributed by atoms with Crippen LogP contribution in [0.5, 0.6) is 5.75 Å². The standard InChI is InChI=1S/C16H21ClN4O3/c1-15(2,3)21-14(22)13(17)12(8-20-21)24-9-10-4-6-11(7-5-10)16(18,19)23/h4-8,23H,9,18-19H2,1-3H3. The second kappa shape index (κ2) is 6.52. The maximum Gasteiger partial charge on any atom is 0.289 e. The number of aromatic nitrogens is 2. The van der Waals surface area contributed by atoms with Gasteiger partial charge in [0.25, 0.3) is 5.56 Å². The van der Waals surface area contributed by atoms with Crippen LogP contribution in [0, 0.1) is 0 Å². The largest absolute Gasteiger partial charge is 0.485 e. The Bertz CT molecular complexity index is 774. The number of nitrogens with two attached hydrogens (primary N) is 2. The molecule has 0 saturated carbocycles. The molecule has 1 aromatic heterocycles. The molecule has 130 valence electrons. The Hall–Kier alpha value is -1.93. The van der Waals surface area contributed by atoms with Crippen LogP contribution >= 0.6 is 11.6 Å². The molecule has 0 saturated heterocycles. The molecule has 0 fully saturated rings. The molecule has 0 atom stereocenters. The van der Waals surface area contributed by atoms with Crippen LogP contribution in [-0.4, -0.2) is 14.9 Å². The first-order valence-corrected chi connectivity index (χ1v) is 7.68. The van der Waals surface area contributed by atoms with Gasteiger partial charge in [-0.2, -0.15) is 5.10 Å². The average Bonchev–Trinajstić information content (AvgIpc) is 2.47. The number of rotatable bonds is 4. The molecule has 0 aliphatic rings. The van der Waals surface area contributed by atoms with E-state index in [1.54, 1.807) is 24.3 Å². The molecule has 1 heterocycles. The van der Waals surface area contributed by atoms with Gasteiger partial charge in [-0.1, -0.05) is 35.9 Å². The first-order chi connectivity index (χ1) is 11.0. The van der Waals surface area contributed by atoms with Crippen LogP contribution in [0.15, 0.2) is 35.3 Å². The van der Waals surface area contributed by atoms with Crippen molar-refractivity contribution in [2.75, 3.05) is 0 Å². The van der Waals surface area contributed by atoms with Gasteiger partial charge in [-0.05, 0) is 26.3 Å². The number of hydrogen-bond donors (Lipinski definition) is 3. The molecular formula is C16H21ClN4O3. The summed E-state index contributed by atoms with van der Waals surface area (Å²) in [5.74, 6) is -1.68. The number of hydrogen-bond acceptors (Lipinski definition) is 6. The van der Waals surface area contributed by atoms with E-state index >= 15 is 0 Å². The van der Waals surface area contributed by atoms with Crippen LogP contribution in [0.1, 0.15) is 31.9 Å². The summed E-state index contributed by atoms with van der Waals surface area (Å²) in [5.41, 5.74) is 11.1. The van der Waals surface area contributed by atoms with Crippen LogP contribution in [0.25, 0.3) is 0 Å². The van der Waals surface area contributed by atoms with Crippen molar-refractivity contribution in [1.82, 2.24) is 9.78 Å². The lowest BCUT2D eigenvalue weighted by Gasteiger charge is -2.21. The molecule has 0 radical (unpaired) electrons. The number of aliphatic hydroxyl groups is 1. The smallest absolute Gasteiger partial charge is 0.289 e. The second-order valence-corrected chi connectivity index (χ2v) is 6.90.